The lowest BCUT2D eigenvalue weighted by Crippen LogP contribution is -2.39. The normalized spacial score (nSPS) is 17.3. The molecule has 25 heavy (non-hydrogen) atoms. The van der Waals surface area contributed by atoms with Gasteiger partial charge in [-0.25, -0.2) is 0 Å². The molecule has 0 amide bonds. The van der Waals surface area contributed by atoms with Gasteiger partial charge < -0.3 is 19.9 Å². The van der Waals surface area contributed by atoms with Crippen LogP contribution in [0.2, 0.25) is 0 Å². The summed E-state index contributed by atoms with van der Waals surface area (Å²) in [5.41, 5.74) is 0. The maximum absolute atomic E-state index is 11.5. The number of hydrogen-bond acceptors (Lipinski definition) is 8. The Labute approximate surface area is 147 Å². The summed E-state index contributed by atoms with van der Waals surface area (Å²) in [6.07, 6.45) is 5.41. The van der Waals surface area contributed by atoms with Crippen molar-refractivity contribution in [2.45, 2.75) is 18.9 Å². The van der Waals surface area contributed by atoms with Gasteiger partial charge in [0.05, 0.1) is 0 Å². The van der Waals surface area contributed by atoms with E-state index >= 15 is 0 Å². The van der Waals surface area contributed by atoms with E-state index in [1.54, 1.807) is 17.8 Å². The van der Waals surface area contributed by atoms with Crippen LogP contribution in [0.25, 0.3) is 4.96 Å². The molecule has 9 nitrogen and oxygen atoms in total. The van der Waals surface area contributed by atoms with E-state index in [-0.39, 0.29) is 16.8 Å². The van der Waals surface area contributed by atoms with Crippen molar-refractivity contribution in [2.75, 3.05) is 29.9 Å². The quantitative estimate of drug-likeness (QED) is 0.509. The summed E-state index contributed by atoms with van der Waals surface area (Å²) in [4.78, 5) is 20.3. The molecule has 1 unspecified atom stereocenters. The fourth-order valence-electron chi connectivity index (χ4n) is 3.36. The molecule has 0 saturated carbocycles. The van der Waals surface area contributed by atoms with E-state index in [2.05, 4.69) is 20.1 Å². The molecular formula is C15H17N7O2S. The fourth-order valence-corrected chi connectivity index (χ4v) is 4.07. The average molecular weight is 359 g/mol. The smallest absolute Gasteiger partial charge is 0.358 e. The predicted molar refractivity (Wildman–Crippen MR) is 95.4 cm³/mol. The number of hydrogen-bond donors (Lipinski definition) is 0. The van der Waals surface area contributed by atoms with Crippen LogP contribution in [0.1, 0.15) is 12.8 Å². The summed E-state index contributed by atoms with van der Waals surface area (Å²) in [7, 11) is 1.85. The Morgan fingerprint density at radius 3 is 3.16 bits per heavy atom. The average Bonchev–Trinajstić information content (AvgIpc) is 3.30. The molecular weight excluding hydrogens is 342 g/mol. The molecule has 0 aliphatic carbocycles. The van der Waals surface area contributed by atoms with Gasteiger partial charge in [0.2, 0.25) is 5.82 Å². The monoisotopic (exact) mass is 359 g/mol. The molecule has 0 bridgehead atoms. The predicted octanol–water partition coefficient (Wildman–Crippen LogP) is 2.20. The van der Waals surface area contributed by atoms with Gasteiger partial charge in [0.25, 0.3) is 4.96 Å². The van der Waals surface area contributed by atoms with Crippen molar-refractivity contribution in [3.05, 3.63) is 40.0 Å². The van der Waals surface area contributed by atoms with Crippen LogP contribution in [0, 0.1) is 10.1 Å². The van der Waals surface area contributed by atoms with Gasteiger partial charge in [-0.1, -0.05) is 11.3 Å². The van der Waals surface area contributed by atoms with E-state index in [0.29, 0.717) is 17.3 Å². The number of imidazole rings is 1. The number of nitrogens with zero attached hydrogens (tertiary/aromatic N) is 7. The molecule has 1 atom stereocenters. The van der Waals surface area contributed by atoms with Crippen LogP contribution in [0.5, 0.6) is 0 Å². The largest absolute Gasteiger partial charge is 0.373 e. The molecule has 1 aliphatic heterocycles. The first-order chi connectivity index (χ1) is 12.1. The Morgan fingerprint density at radius 2 is 2.40 bits per heavy atom. The van der Waals surface area contributed by atoms with Crippen molar-refractivity contribution in [1.82, 2.24) is 19.6 Å². The number of rotatable bonds is 5. The van der Waals surface area contributed by atoms with E-state index in [1.807, 2.05) is 24.1 Å². The van der Waals surface area contributed by atoms with Gasteiger partial charge >= 0.3 is 5.82 Å². The topological polar surface area (TPSA) is 92.7 Å². The molecule has 4 heterocycles. The van der Waals surface area contributed by atoms with Crippen LogP contribution in [0.15, 0.2) is 29.9 Å². The van der Waals surface area contributed by atoms with Crippen LogP contribution in [0.4, 0.5) is 17.5 Å². The van der Waals surface area contributed by atoms with Crippen molar-refractivity contribution < 1.29 is 4.92 Å². The second-order valence-electron chi connectivity index (χ2n) is 6.02. The van der Waals surface area contributed by atoms with Gasteiger partial charge in [-0.15, -0.1) is 5.10 Å². The Kier molecular flexibility index (Phi) is 3.96. The van der Waals surface area contributed by atoms with Crippen LogP contribution in [0.3, 0.4) is 0 Å². The molecule has 1 fully saturated rings. The zero-order valence-electron chi connectivity index (χ0n) is 13.6. The third-order valence-electron chi connectivity index (χ3n) is 4.47. The zero-order chi connectivity index (χ0) is 17.4. The van der Waals surface area contributed by atoms with Gasteiger partial charge in [-0.2, -0.15) is 14.5 Å². The molecule has 0 aromatic carbocycles. The highest BCUT2D eigenvalue weighted by molar-refractivity contribution is 7.15. The van der Waals surface area contributed by atoms with E-state index < -0.39 is 0 Å². The number of aromatic nitrogens is 4. The SMILES string of the molecule is CN(CC1CCCN1c1cccnn1)c1nc2sccn2c1[N+](=O)[O-]. The number of thiazole rings is 1. The summed E-state index contributed by atoms with van der Waals surface area (Å²) in [5.74, 6) is 1.27. The number of likely N-dealkylation sites (N-methyl/N-ethyl adjacent to an activating group) is 1. The third-order valence-corrected chi connectivity index (χ3v) is 5.22. The van der Waals surface area contributed by atoms with Crippen molar-refractivity contribution in [3.8, 4) is 0 Å². The van der Waals surface area contributed by atoms with Gasteiger partial charge in [0.15, 0.2) is 5.82 Å². The van der Waals surface area contributed by atoms with Gasteiger partial charge in [-0.3, -0.25) is 0 Å². The maximum atomic E-state index is 11.5. The van der Waals surface area contributed by atoms with Crippen LogP contribution in [-0.2, 0) is 0 Å². The first-order valence-corrected chi connectivity index (χ1v) is 8.88. The van der Waals surface area contributed by atoms with E-state index in [0.717, 1.165) is 25.2 Å². The first-order valence-electron chi connectivity index (χ1n) is 8.00. The lowest BCUT2D eigenvalue weighted by Gasteiger charge is -2.29. The van der Waals surface area contributed by atoms with E-state index in [1.165, 1.54) is 15.7 Å². The summed E-state index contributed by atoms with van der Waals surface area (Å²) in [6.45, 7) is 1.56. The van der Waals surface area contributed by atoms with E-state index in [4.69, 9.17) is 0 Å². The lowest BCUT2D eigenvalue weighted by molar-refractivity contribution is -0.389. The minimum absolute atomic E-state index is 0.0165. The minimum atomic E-state index is -0.367. The third kappa shape index (κ3) is 2.78. The molecule has 0 N–H and O–H groups in total. The summed E-state index contributed by atoms with van der Waals surface area (Å²) in [6, 6.07) is 4.04. The molecule has 130 valence electrons. The highest BCUT2D eigenvalue weighted by Crippen LogP contribution is 2.32. The maximum Gasteiger partial charge on any atom is 0.373 e. The second kappa shape index (κ2) is 6.28. The molecule has 10 heteroatoms. The van der Waals surface area contributed by atoms with Crippen molar-refractivity contribution in [2.24, 2.45) is 0 Å². The van der Waals surface area contributed by atoms with Crippen molar-refractivity contribution in [3.63, 3.8) is 0 Å². The standard InChI is InChI=1S/C15H17N7O2S/c1-19(13-14(22(23)24)21-8-9-25-15(21)17-13)10-11-4-3-7-20(11)12-5-2-6-16-18-12/h2,5-6,8-9,11H,3-4,7,10H2,1H3. The Balaban J connectivity index is 1.59. The van der Waals surface area contributed by atoms with Gasteiger partial charge in [0.1, 0.15) is 6.20 Å². The summed E-state index contributed by atoms with van der Waals surface area (Å²) >= 11 is 1.39. The molecule has 3 aromatic heterocycles. The minimum Gasteiger partial charge on any atom is -0.358 e. The second-order valence-corrected chi connectivity index (χ2v) is 6.90. The highest BCUT2D eigenvalue weighted by Gasteiger charge is 2.31. The van der Waals surface area contributed by atoms with Crippen molar-refractivity contribution >= 4 is 33.8 Å². The van der Waals surface area contributed by atoms with Crippen molar-refractivity contribution in [1.29, 1.82) is 0 Å². The van der Waals surface area contributed by atoms with Gasteiger partial charge in [-0.05, 0) is 29.9 Å². The molecule has 0 radical (unpaired) electrons. The summed E-state index contributed by atoms with van der Waals surface area (Å²) < 4.78 is 1.53. The first kappa shape index (κ1) is 15.8. The fraction of sp³-hybridized carbons (Fsp3) is 0.400. The zero-order valence-corrected chi connectivity index (χ0v) is 14.5. The van der Waals surface area contributed by atoms with Crippen LogP contribution < -0.4 is 9.80 Å². The number of fused-ring (bicyclic) bond motifs is 1. The Morgan fingerprint density at radius 1 is 1.52 bits per heavy atom. The van der Waals surface area contributed by atoms with Crippen LogP contribution in [-0.4, -0.2) is 50.7 Å². The summed E-state index contributed by atoms with van der Waals surface area (Å²) in [5, 5.41) is 21.5. The Bertz CT molecular complexity index is 894. The van der Waals surface area contributed by atoms with E-state index in [9.17, 15) is 10.1 Å². The highest BCUT2D eigenvalue weighted by atomic mass is 32.1. The van der Waals surface area contributed by atoms with Gasteiger partial charge in [0, 0.05) is 37.8 Å². The molecule has 1 aliphatic rings. The number of nitro groups is 1. The van der Waals surface area contributed by atoms with Crippen LogP contribution >= 0.6 is 11.3 Å². The lowest BCUT2D eigenvalue weighted by atomic mass is 10.2. The molecule has 4 rings (SSSR count). The molecule has 0 spiro atoms. The molecule has 1 saturated heterocycles. The Hall–Kier alpha value is -2.75. The number of anilines is 2. The molecule has 3 aromatic rings.